The zero-order valence-electron chi connectivity index (χ0n) is 12.3. The van der Waals surface area contributed by atoms with Crippen molar-refractivity contribution in [3.8, 4) is 0 Å². The zero-order chi connectivity index (χ0) is 13.1. The minimum atomic E-state index is -0.212. The monoisotopic (exact) mass is 241 g/mol. The van der Waals surface area contributed by atoms with Crippen LogP contribution in [0, 0.1) is 17.3 Å². The molecule has 1 fully saturated rings. The first-order valence-corrected chi connectivity index (χ1v) is 7.21. The summed E-state index contributed by atoms with van der Waals surface area (Å²) in [6, 6.07) is 0.596. The van der Waals surface area contributed by atoms with Crippen molar-refractivity contribution in [1.29, 1.82) is 0 Å². The quantitative estimate of drug-likeness (QED) is 0.792. The minimum absolute atomic E-state index is 0.212. The molecule has 0 radical (unpaired) electrons. The molecule has 1 rings (SSSR count). The Morgan fingerprint density at radius 1 is 1.18 bits per heavy atom. The van der Waals surface area contributed by atoms with Gasteiger partial charge >= 0.3 is 0 Å². The van der Waals surface area contributed by atoms with Crippen LogP contribution in [0.4, 0.5) is 0 Å². The lowest BCUT2D eigenvalue weighted by Gasteiger charge is -2.36. The maximum atomic E-state index is 10.0. The minimum Gasteiger partial charge on any atom is -0.392 e. The van der Waals surface area contributed by atoms with Gasteiger partial charge in [0.05, 0.1) is 6.10 Å². The largest absolute Gasteiger partial charge is 0.392 e. The molecule has 3 atom stereocenters. The van der Waals surface area contributed by atoms with Crippen molar-refractivity contribution in [2.24, 2.45) is 17.3 Å². The van der Waals surface area contributed by atoms with E-state index >= 15 is 0 Å². The SMILES string of the molecule is CC1CCCC(C)C1NCC(O)CC(C)(C)C. The number of rotatable bonds is 4. The molecule has 0 aliphatic heterocycles. The van der Waals surface area contributed by atoms with Gasteiger partial charge in [-0.2, -0.15) is 0 Å². The third-order valence-corrected chi connectivity index (χ3v) is 3.98. The predicted molar refractivity (Wildman–Crippen MR) is 74.0 cm³/mol. The first-order chi connectivity index (χ1) is 7.79. The summed E-state index contributed by atoms with van der Waals surface area (Å²) < 4.78 is 0. The van der Waals surface area contributed by atoms with Crippen molar-refractivity contribution in [2.75, 3.05) is 6.54 Å². The van der Waals surface area contributed by atoms with Gasteiger partial charge in [-0.05, 0) is 36.5 Å². The van der Waals surface area contributed by atoms with E-state index in [-0.39, 0.29) is 11.5 Å². The fraction of sp³-hybridized carbons (Fsp3) is 1.00. The maximum Gasteiger partial charge on any atom is 0.0669 e. The standard InChI is InChI=1S/C15H31NO/c1-11-7-6-8-12(2)14(11)16-10-13(17)9-15(3,4)5/h11-14,16-17H,6-10H2,1-5H3. The Bertz CT molecular complexity index is 211. The summed E-state index contributed by atoms with van der Waals surface area (Å²) in [7, 11) is 0. The molecule has 2 nitrogen and oxygen atoms in total. The molecule has 0 aromatic carbocycles. The van der Waals surface area contributed by atoms with Crippen LogP contribution in [0.25, 0.3) is 0 Å². The Morgan fingerprint density at radius 3 is 2.18 bits per heavy atom. The van der Waals surface area contributed by atoms with Gasteiger partial charge in [-0.15, -0.1) is 0 Å². The van der Waals surface area contributed by atoms with Crippen LogP contribution in [0.5, 0.6) is 0 Å². The molecular weight excluding hydrogens is 210 g/mol. The molecule has 3 unspecified atom stereocenters. The molecule has 1 aliphatic carbocycles. The van der Waals surface area contributed by atoms with E-state index in [1.165, 1.54) is 19.3 Å². The Balaban J connectivity index is 2.33. The number of nitrogens with one attached hydrogen (secondary N) is 1. The van der Waals surface area contributed by atoms with E-state index in [9.17, 15) is 5.11 Å². The molecule has 0 aromatic heterocycles. The van der Waals surface area contributed by atoms with Gasteiger partial charge in [0, 0.05) is 12.6 Å². The topological polar surface area (TPSA) is 32.3 Å². The fourth-order valence-corrected chi connectivity index (χ4v) is 3.14. The van der Waals surface area contributed by atoms with E-state index in [2.05, 4.69) is 39.9 Å². The first kappa shape index (κ1) is 15.0. The highest BCUT2D eigenvalue weighted by Gasteiger charge is 2.28. The van der Waals surface area contributed by atoms with Crippen LogP contribution in [-0.4, -0.2) is 23.8 Å². The third kappa shape index (κ3) is 5.39. The first-order valence-electron chi connectivity index (χ1n) is 7.21. The van der Waals surface area contributed by atoms with Gasteiger partial charge in [0.1, 0.15) is 0 Å². The van der Waals surface area contributed by atoms with Crippen molar-refractivity contribution in [3.63, 3.8) is 0 Å². The fourth-order valence-electron chi connectivity index (χ4n) is 3.14. The maximum absolute atomic E-state index is 10.0. The molecule has 0 bridgehead atoms. The Hall–Kier alpha value is -0.0800. The van der Waals surface area contributed by atoms with Gasteiger partial charge in [0.2, 0.25) is 0 Å². The Kier molecular flexibility index (Phi) is 5.46. The van der Waals surface area contributed by atoms with Crippen molar-refractivity contribution >= 4 is 0 Å². The normalized spacial score (nSPS) is 32.5. The van der Waals surface area contributed by atoms with Crippen molar-refractivity contribution in [3.05, 3.63) is 0 Å². The highest BCUT2D eigenvalue weighted by atomic mass is 16.3. The van der Waals surface area contributed by atoms with Gasteiger partial charge in [-0.25, -0.2) is 0 Å². The van der Waals surface area contributed by atoms with Crippen LogP contribution in [0.3, 0.4) is 0 Å². The van der Waals surface area contributed by atoms with E-state index in [4.69, 9.17) is 0 Å². The summed E-state index contributed by atoms with van der Waals surface area (Å²) in [5.41, 5.74) is 0.213. The average molecular weight is 241 g/mol. The lowest BCUT2D eigenvalue weighted by molar-refractivity contribution is 0.103. The third-order valence-electron chi connectivity index (χ3n) is 3.98. The molecule has 102 valence electrons. The highest BCUT2D eigenvalue weighted by molar-refractivity contribution is 4.84. The lowest BCUT2D eigenvalue weighted by atomic mass is 9.78. The van der Waals surface area contributed by atoms with Crippen LogP contribution in [0.15, 0.2) is 0 Å². The predicted octanol–water partition coefficient (Wildman–Crippen LogP) is 3.20. The second-order valence-electron chi connectivity index (χ2n) is 7.24. The van der Waals surface area contributed by atoms with Crippen LogP contribution in [-0.2, 0) is 0 Å². The van der Waals surface area contributed by atoms with Crippen LogP contribution in [0.1, 0.15) is 60.3 Å². The summed E-state index contributed by atoms with van der Waals surface area (Å²) in [4.78, 5) is 0. The van der Waals surface area contributed by atoms with E-state index in [0.717, 1.165) is 24.8 Å². The molecule has 0 aromatic rings. The molecular formula is C15H31NO. The van der Waals surface area contributed by atoms with Crippen LogP contribution >= 0.6 is 0 Å². The second-order valence-corrected chi connectivity index (χ2v) is 7.24. The Morgan fingerprint density at radius 2 is 1.71 bits per heavy atom. The Labute approximate surface area is 107 Å². The average Bonchev–Trinajstić information content (AvgIpc) is 2.14. The van der Waals surface area contributed by atoms with E-state index in [0.29, 0.717) is 6.04 Å². The number of aliphatic hydroxyl groups excluding tert-OH is 1. The summed E-state index contributed by atoms with van der Waals surface area (Å²) >= 11 is 0. The number of aliphatic hydroxyl groups is 1. The van der Waals surface area contributed by atoms with Gasteiger partial charge in [0.25, 0.3) is 0 Å². The van der Waals surface area contributed by atoms with Crippen molar-refractivity contribution < 1.29 is 5.11 Å². The zero-order valence-corrected chi connectivity index (χ0v) is 12.3. The molecule has 1 aliphatic rings. The molecule has 2 N–H and O–H groups in total. The molecule has 17 heavy (non-hydrogen) atoms. The van der Waals surface area contributed by atoms with Gasteiger partial charge in [0.15, 0.2) is 0 Å². The van der Waals surface area contributed by atoms with Crippen molar-refractivity contribution in [1.82, 2.24) is 5.32 Å². The molecule has 2 heteroatoms. The summed E-state index contributed by atoms with van der Waals surface area (Å²) in [6.07, 6.45) is 4.69. The molecule has 0 saturated heterocycles. The van der Waals surface area contributed by atoms with Gasteiger partial charge in [-0.1, -0.05) is 41.0 Å². The smallest absolute Gasteiger partial charge is 0.0669 e. The second kappa shape index (κ2) is 6.19. The van der Waals surface area contributed by atoms with Crippen LogP contribution < -0.4 is 5.32 Å². The summed E-state index contributed by atoms with van der Waals surface area (Å²) in [5, 5.41) is 13.6. The number of hydrogen-bond donors (Lipinski definition) is 2. The van der Waals surface area contributed by atoms with E-state index in [1.54, 1.807) is 0 Å². The summed E-state index contributed by atoms with van der Waals surface area (Å²) in [5.74, 6) is 1.50. The summed E-state index contributed by atoms with van der Waals surface area (Å²) in [6.45, 7) is 12.0. The van der Waals surface area contributed by atoms with E-state index in [1.807, 2.05) is 0 Å². The lowest BCUT2D eigenvalue weighted by Crippen LogP contribution is -2.46. The molecule has 0 spiro atoms. The molecule has 1 saturated carbocycles. The molecule has 0 heterocycles. The van der Waals surface area contributed by atoms with Crippen LogP contribution in [0.2, 0.25) is 0 Å². The highest BCUT2D eigenvalue weighted by Crippen LogP contribution is 2.29. The van der Waals surface area contributed by atoms with E-state index < -0.39 is 0 Å². The van der Waals surface area contributed by atoms with Gasteiger partial charge in [-0.3, -0.25) is 0 Å². The number of hydrogen-bond acceptors (Lipinski definition) is 2. The molecule has 0 amide bonds. The van der Waals surface area contributed by atoms with Gasteiger partial charge < -0.3 is 10.4 Å². The van der Waals surface area contributed by atoms with Crippen molar-refractivity contribution in [2.45, 2.75) is 72.4 Å².